The van der Waals surface area contributed by atoms with Crippen LogP contribution in [0.2, 0.25) is 0 Å². The predicted octanol–water partition coefficient (Wildman–Crippen LogP) is 1.73. The summed E-state index contributed by atoms with van der Waals surface area (Å²) in [5, 5.41) is 2.85. The van der Waals surface area contributed by atoms with E-state index in [9.17, 15) is 4.79 Å². The topological polar surface area (TPSA) is 60.5 Å². The first-order valence-electron chi connectivity index (χ1n) is 6.77. The van der Waals surface area contributed by atoms with Gasteiger partial charge in [-0.15, -0.1) is 0 Å². The second-order valence-corrected chi connectivity index (χ2v) is 5.74. The zero-order valence-electron chi connectivity index (χ0n) is 11.6. The average Bonchev–Trinajstić information content (AvgIpc) is 2.96. The van der Waals surface area contributed by atoms with Gasteiger partial charge in [0.2, 0.25) is 5.88 Å². The van der Waals surface area contributed by atoms with Crippen LogP contribution >= 0.6 is 11.8 Å². The van der Waals surface area contributed by atoms with E-state index in [0.717, 1.165) is 24.3 Å². The van der Waals surface area contributed by atoms with Crippen LogP contribution in [-0.2, 0) is 4.74 Å². The summed E-state index contributed by atoms with van der Waals surface area (Å²) >= 11 is 1.88. The summed E-state index contributed by atoms with van der Waals surface area (Å²) < 4.78 is 10.7. The Morgan fingerprint density at radius 3 is 3.25 bits per heavy atom. The molecule has 0 saturated carbocycles. The highest BCUT2D eigenvalue weighted by atomic mass is 32.2. The Hall–Kier alpha value is -1.27. The molecule has 110 valence electrons. The number of methoxy groups -OCH3 is 1. The predicted molar refractivity (Wildman–Crippen MR) is 79.4 cm³/mol. The molecular weight excluding hydrogens is 276 g/mol. The minimum absolute atomic E-state index is 0.103. The number of nitrogens with zero attached hydrogens (tertiary/aromatic N) is 1. The highest BCUT2D eigenvalue weighted by Gasteiger charge is 2.18. The van der Waals surface area contributed by atoms with Gasteiger partial charge in [-0.2, -0.15) is 11.8 Å². The number of ether oxygens (including phenoxy) is 2. The molecule has 5 nitrogen and oxygen atoms in total. The Kier molecular flexibility index (Phi) is 6.14. The van der Waals surface area contributed by atoms with E-state index >= 15 is 0 Å². The van der Waals surface area contributed by atoms with Gasteiger partial charge in [0.25, 0.3) is 5.91 Å². The van der Waals surface area contributed by atoms with Gasteiger partial charge in [-0.3, -0.25) is 4.79 Å². The highest BCUT2D eigenvalue weighted by molar-refractivity contribution is 7.99. The molecule has 0 aromatic carbocycles. The van der Waals surface area contributed by atoms with E-state index in [1.165, 1.54) is 0 Å². The van der Waals surface area contributed by atoms with Crippen LogP contribution in [0.4, 0.5) is 0 Å². The highest BCUT2D eigenvalue weighted by Crippen LogP contribution is 2.22. The van der Waals surface area contributed by atoms with Crippen molar-refractivity contribution in [2.24, 2.45) is 0 Å². The molecule has 2 heterocycles. The molecule has 1 saturated heterocycles. The van der Waals surface area contributed by atoms with Crippen LogP contribution < -0.4 is 10.1 Å². The van der Waals surface area contributed by atoms with Crippen LogP contribution in [0.25, 0.3) is 0 Å². The summed E-state index contributed by atoms with van der Waals surface area (Å²) in [5.41, 5.74) is 0.582. The fourth-order valence-corrected chi connectivity index (χ4v) is 3.01. The molecule has 1 aromatic heterocycles. The summed E-state index contributed by atoms with van der Waals surface area (Å²) in [6.45, 7) is 1.24. The minimum Gasteiger partial charge on any atom is -0.473 e. The summed E-state index contributed by atoms with van der Waals surface area (Å²) in [7, 11) is 1.65. The van der Waals surface area contributed by atoms with Crippen LogP contribution in [0, 0.1) is 0 Å². The summed E-state index contributed by atoms with van der Waals surface area (Å²) in [6.07, 6.45) is 3.67. The number of aromatic nitrogens is 1. The number of hydrogen-bond donors (Lipinski definition) is 1. The van der Waals surface area contributed by atoms with Crippen molar-refractivity contribution in [3.8, 4) is 5.88 Å². The standard InChI is InChI=1S/C14H20N2O3S/c1-18-7-2-5-16-14(17)11-3-6-15-13(9-11)19-12-4-8-20-10-12/h3,6,9,12H,2,4-5,7-8,10H2,1H3,(H,16,17)/t12-/m0/s1. The van der Waals surface area contributed by atoms with Gasteiger partial charge in [0.15, 0.2) is 0 Å². The lowest BCUT2D eigenvalue weighted by Crippen LogP contribution is -2.25. The van der Waals surface area contributed by atoms with E-state index in [1.807, 2.05) is 11.8 Å². The van der Waals surface area contributed by atoms with E-state index in [2.05, 4.69) is 10.3 Å². The number of amides is 1. The lowest BCUT2D eigenvalue weighted by atomic mass is 10.2. The van der Waals surface area contributed by atoms with Crippen molar-refractivity contribution in [1.29, 1.82) is 0 Å². The van der Waals surface area contributed by atoms with Crippen LogP contribution in [0.1, 0.15) is 23.2 Å². The summed E-state index contributed by atoms with van der Waals surface area (Å²) in [4.78, 5) is 16.1. The molecule has 2 rings (SSSR count). The van der Waals surface area contributed by atoms with Crippen molar-refractivity contribution in [3.05, 3.63) is 23.9 Å². The largest absolute Gasteiger partial charge is 0.473 e. The number of carbonyl (C=O) groups excluding carboxylic acids is 1. The Morgan fingerprint density at radius 2 is 2.50 bits per heavy atom. The van der Waals surface area contributed by atoms with Crippen molar-refractivity contribution in [2.75, 3.05) is 31.8 Å². The van der Waals surface area contributed by atoms with Crippen molar-refractivity contribution in [3.63, 3.8) is 0 Å². The summed E-state index contributed by atoms with van der Waals surface area (Å²) in [6, 6.07) is 3.40. The van der Waals surface area contributed by atoms with Crippen LogP contribution in [0.3, 0.4) is 0 Å². The van der Waals surface area contributed by atoms with Gasteiger partial charge in [0.05, 0.1) is 0 Å². The third kappa shape index (κ3) is 4.68. The number of thioether (sulfide) groups is 1. The quantitative estimate of drug-likeness (QED) is 0.777. The molecule has 1 aliphatic heterocycles. The van der Waals surface area contributed by atoms with Gasteiger partial charge in [0, 0.05) is 43.8 Å². The first kappa shape index (κ1) is 15.1. The average molecular weight is 296 g/mol. The lowest BCUT2D eigenvalue weighted by Gasteiger charge is -2.12. The molecule has 6 heteroatoms. The number of rotatable bonds is 7. The van der Waals surface area contributed by atoms with E-state index in [1.54, 1.807) is 25.4 Å². The maximum absolute atomic E-state index is 12.0. The van der Waals surface area contributed by atoms with Crippen LogP contribution in [0.5, 0.6) is 5.88 Å². The number of carbonyl (C=O) groups is 1. The Morgan fingerprint density at radius 1 is 1.60 bits per heavy atom. The number of nitrogens with one attached hydrogen (secondary N) is 1. The van der Waals surface area contributed by atoms with E-state index in [0.29, 0.717) is 24.6 Å². The molecule has 0 unspecified atom stereocenters. The lowest BCUT2D eigenvalue weighted by molar-refractivity contribution is 0.0947. The maximum atomic E-state index is 12.0. The van der Waals surface area contributed by atoms with Crippen molar-refractivity contribution in [1.82, 2.24) is 10.3 Å². The molecule has 1 N–H and O–H groups in total. The molecule has 1 fully saturated rings. The van der Waals surface area contributed by atoms with Gasteiger partial charge < -0.3 is 14.8 Å². The zero-order valence-corrected chi connectivity index (χ0v) is 12.4. The Balaban J connectivity index is 1.86. The molecule has 1 aliphatic rings. The van der Waals surface area contributed by atoms with Gasteiger partial charge in [-0.05, 0) is 24.7 Å². The molecule has 20 heavy (non-hydrogen) atoms. The molecule has 1 atom stereocenters. The van der Waals surface area contributed by atoms with Crippen LogP contribution in [0.15, 0.2) is 18.3 Å². The van der Waals surface area contributed by atoms with Crippen molar-refractivity contribution < 1.29 is 14.3 Å². The van der Waals surface area contributed by atoms with Crippen molar-refractivity contribution in [2.45, 2.75) is 18.9 Å². The normalized spacial score (nSPS) is 17.9. The van der Waals surface area contributed by atoms with E-state index in [-0.39, 0.29) is 12.0 Å². The molecule has 1 amide bonds. The first-order chi connectivity index (χ1) is 9.79. The first-order valence-corrected chi connectivity index (χ1v) is 7.92. The van der Waals surface area contributed by atoms with Gasteiger partial charge in [0.1, 0.15) is 6.10 Å². The molecular formula is C14H20N2O3S. The Labute approximate surface area is 123 Å². The third-order valence-corrected chi connectivity index (χ3v) is 4.12. The van der Waals surface area contributed by atoms with Crippen molar-refractivity contribution >= 4 is 17.7 Å². The zero-order chi connectivity index (χ0) is 14.2. The van der Waals surface area contributed by atoms with Gasteiger partial charge in [-0.25, -0.2) is 4.98 Å². The summed E-state index contributed by atoms with van der Waals surface area (Å²) in [5.74, 6) is 2.55. The van der Waals surface area contributed by atoms with Gasteiger partial charge >= 0.3 is 0 Å². The second kappa shape index (κ2) is 8.11. The Bertz CT molecular complexity index is 436. The smallest absolute Gasteiger partial charge is 0.251 e. The third-order valence-electron chi connectivity index (χ3n) is 2.98. The number of pyridine rings is 1. The van der Waals surface area contributed by atoms with E-state index < -0.39 is 0 Å². The fourth-order valence-electron chi connectivity index (χ4n) is 1.91. The van der Waals surface area contributed by atoms with Crippen LogP contribution in [-0.4, -0.2) is 48.8 Å². The fraction of sp³-hybridized carbons (Fsp3) is 0.571. The second-order valence-electron chi connectivity index (χ2n) is 4.59. The molecule has 0 spiro atoms. The minimum atomic E-state index is -0.103. The van der Waals surface area contributed by atoms with E-state index in [4.69, 9.17) is 9.47 Å². The van der Waals surface area contributed by atoms with Gasteiger partial charge in [-0.1, -0.05) is 0 Å². The monoisotopic (exact) mass is 296 g/mol. The molecule has 0 aliphatic carbocycles. The number of hydrogen-bond acceptors (Lipinski definition) is 5. The molecule has 0 bridgehead atoms. The SMILES string of the molecule is COCCCNC(=O)c1ccnc(O[C@H]2CCSC2)c1. The molecule has 0 radical (unpaired) electrons. The maximum Gasteiger partial charge on any atom is 0.251 e. The molecule has 1 aromatic rings.